The van der Waals surface area contributed by atoms with E-state index < -0.39 is 33.5 Å². The highest BCUT2D eigenvalue weighted by Crippen LogP contribution is 2.39. The van der Waals surface area contributed by atoms with Gasteiger partial charge in [-0.15, -0.1) is 11.3 Å². The summed E-state index contributed by atoms with van der Waals surface area (Å²) in [6.45, 7) is -1.83. The number of nitrogens with zero attached hydrogens (tertiary/aromatic N) is 3. The van der Waals surface area contributed by atoms with Gasteiger partial charge in [-0.3, -0.25) is 9.59 Å². The Morgan fingerprint density at radius 3 is 2.51 bits per heavy atom. The standard InChI is InChI=1S/C21H21F2N5O5S2/c1-10-24-7-11(8-25-10)13-5-16-14(6-15(13)33-21(22)23)28-20(34-16)18(35(2,31)32)19(30)26-9-17(29)27-12-3-4-12/h5-8,12,18,21H,3-4,9H2,1-2H3,(H,26,30)(H,27,29). The number of amides is 2. The number of nitrogens with one attached hydrogen (secondary N) is 2. The second kappa shape index (κ2) is 9.77. The van der Waals surface area contributed by atoms with Crippen LogP contribution in [0.2, 0.25) is 0 Å². The van der Waals surface area contributed by atoms with E-state index in [9.17, 15) is 26.8 Å². The number of aromatic nitrogens is 3. The van der Waals surface area contributed by atoms with E-state index in [0.717, 1.165) is 30.4 Å². The number of hydrogen-bond acceptors (Lipinski definition) is 9. The van der Waals surface area contributed by atoms with Crippen molar-refractivity contribution in [3.05, 3.63) is 35.4 Å². The molecule has 1 aliphatic rings. The topological polar surface area (TPSA) is 140 Å². The van der Waals surface area contributed by atoms with Crippen LogP contribution in [-0.4, -0.2) is 60.6 Å². The minimum atomic E-state index is -3.99. The molecule has 186 valence electrons. The van der Waals surface area contributed by atoms with Crippen molar-refractivity contribution in [2.45, 2.75) is 37.7 Å². The molecule has 0 bridgehead atoms. The van der Waals surface area contributed by atoms with Crippen molar-refractivity contribution in [3.63, 3.8) is 0 Å². The van der Waals surface area contributed by atoms with Crippen LogP contribution in [0.15, 0.2) is 24.5 Å². The number of fused-ring (bicyclic) bond motifs is 1. The third-order valence-corrected chi connectivity index (χ3v) is 7.60. The Hall–Kier alpha value is -3.26. The minimum Gasteiger partial charge on any atom is -0.434 e. The zero-order chi connectivity index (χ0) is 25.3. The van der Waals surface area contributed by atoms with Crippen molar-refractivity contribution in [1.29, 1.82) is 0 Å². The summed E-state index contributed by atoms with van der Waals surface area (Å²) in [5.74, 6) is -1.04. The van der Waals surface area contributed by atoms with Gasteiger partial charge < -0.3 is 15.4 Å². The summed E-state index contributed by atoms with van der Waals surface area (Å²) in [6.07, 6.45) is 5.51. The molecule has 14 heteroatoms. The van der Waals surface area contributed by atoms with E-state index in [1.807, 2.05) is 0 Å². The fraction of sp³-hybridized carbons (Fsp3) is 0.381. The van der Waals surface area contributed by atoms with Gasteiger partial charge in [-0.1, -0.05) is 0 Å². The molecule has 35 heavy (non-hydrogen) atoms. The van der Waals surface area contributed by atoms with Crippen LogP contribution >= 0.6 is 11.3 Å². The van der Waals surface area contributed by atoms with Crippen LogP contribution in [0.25, 0.3) is 21.3 Å². The van der Waals surface area contributed by atoms with Crippen LogP contribution in [0, 0.1) is 6.92 Å². The summed E-state index contributed by atoms with van der Waals surface area (Å²) in [5, 5.41) is 3.29. The minimum absolute atomic E-state index is 0.0668. The monoisotopic (exact) mass is 525 g/mol. The Labute approximate surface area is 203 Å². The Bertz CT molecular complexity index is 1370. The first-order chi connectivity index (χ1) is 16.5. The summed E-state index contributed by atoms with van der Waals surface area (Å²) in [5.41, 5.74) is 0.831. The fourth-order valence-electron chi connectivity index (χ4n) is 3.29. The van der Waals surface area contributed by atoms with E-state index in [-0.39, 0.29) is 34.4 Å². The summed E-state index contributed by atoms with van der Waals surface area (Å²) in [4.78, 5) is 37.0. The first-order valence-corrected chi connectivity index (χ1v) is 13.2. The molecule has 10 nitrogen and oxygen atoms in total. The van der Waals surface area contributed by atoms with Gasteiger partial charge in [-0.2, -0.15) is 8.78 Å². The lowest BCUT2D eigenvalue weighted by Gasteiger charge is -2.12. The number of ether oxygens (including phenoxy) is 1. The normalized spacial score (nSPS) is 14.7. The molecule has 0 radical (unpaired) electrons. The molecule has 0 spiro atoms. The number of thiazole rings is 1. The number of halogens is 2. The number of aryl methyl sites for hydroxylation is 1. The average Bonchev–Trinajstić information content (AvgIpc) is 3.48. The highest BCUT2D eigenvalue weighted by molar-refractivity contribution is 7.91. The number of carbonyl (C=O) groups is 2. The van der Waals surface area contributed by atoms with E-state index in [2.05, 4.69) is 30.3 Å². The van der Waals surface area contributed by atoms with E-state index >= 15 is 0 Å². The summed E-state index contributed by atoms with van der Waals surface area (Å²) >= 11 is 0.920. The average molecular weight is 526 g/mol. The second-order valence-corrected chi connectivity index (χ2v) is 11.2. The van der Waals surface area contributed by atoms with Crippen LogP contribution in [0.5, 0.6) is 5.75 Å². The first-order valence-electron chi connectivity index (χ1n) is 10.5. The van der Waals surface area contributed by atoms with Crippen molar-refractivity contribution in [2.75, 3.05) is 12.8 Å². The Kier molecular flexibility index (Phi) is 6.94. The lowest BCUT2D eigenvalue weighted by Crippen LogP contribution is -2.41. The largest absolute Gasteiger partial charge is 0.434 e. The van der Waals surface area contributed by atoms with Gasteiger partial charge >= 0.3 is 6.61 Å². The summed E-state index contributed by atoms with van der Waals surface area (Å²) in [7, 11) is -3.99. The van der Waals surface area contributed by atoms with Crippen molar-refractivity contribution in [2.24, 2.45) is 0 Å². The van der Waals surface area contributed by atoms with Crippen LogP contribution < -0.4 is 15.4 Å². The molecule has 1 unspecified atom stereocenters. The van der Waals surface area contributed by atoms with Crippen LogP contribution in [0.4, 0.5) is 8.78 Å². The van der Waals surface area contributed by atoms with E-state index in [4.69, 9.17) is 0 Å². The highest BCUT2D eigenvalue weighted by Gasteiger charge is 2.34. The first kappa shape index (κ1) is 24.9. The number of hydrogen-bond donors (Lipinski definition) is 2. The van der Waals surface area contributed by atoms with Crippen LogP contribution in [0.1, 0.15) is 28.9 Å². The third kappa shape index (κ3) is 6.06. The molecule has 1 saturated carbocycles. The van der Waals surface area contributed by atoms with Crippen molar-refractivity contribution in [1.82, 2.24) is 25.6 Å². The van der Waals surface area contributed by atoms with Crippen LogP contribution in [-0.2, 0) is 19.4 Å². The molecule has 2 amide bonds. The van der Waals surface area contributed by atoms with E-state index in [1.165, 1.54) is 24.5 Å². The number of alkyl halides is 2. The van der Waals surface area contributed by atoms with E-state index in [1.54, 1.807) is 6.92 Å². The highest BCUT2D eigenvalue weighted by atomic mass is 32.2. The van der Waals surface area contributed by atoms with Crippen molar-refractivity contribution < 1.29 is 31.5 Å². The van der Waals surface area contributed by atoms with Gasteiger partial charge in [0.2, 0.25) is 11.8 Å². The van der Waals surface area contributed by atoms with Crippen LogP contribution in [0.3, 0.4) is 0 Å². The molecule has 2 heterocycles. The van der Waals surface area contributed by atoms with Gasteiger partial charge in [0, 0.05) is 41.9 Å². The molecule has 1 aliphatic carbocycles. The molecule has 1 atom stereocenters. The summed E-state index contributed by atoms with van der Waals surface area (Å²) in [6, 6.07) is 2.84. The molecule has 1 aromatic carbocycles. The Balaban J connectivity index is 1.69. The quantitative estimate of drug-likeness (QED) is 0.433. The smallest absolute Gasteiger partial charge is 0.387 e. The maximum atomic E-state index is 13.1. The predicted molar refractivity (Wildman–Crippen MR) is 124 cm³/mol. The lowest BCUT2D eigenvalue weighted by atomic mass is 10.1. The molecule has 0 saturated heterocycles. The van der Waals surface area contributed by atoms with Gasteiger partial charge in [0.05, 0.1) is 16.8 Å². The predicted octanol–water partition coefficient (Wildman–Crippen LogP) is 2.14. The SMILES string of the molecule is Cc1ncc(-c2cc3sc(C(C(=O)NCC(=O)NC4CC4)S(C)(=O)=O)nc3cc2OC(F)F)cn1. The molecule has 2 aromatic heterocycles. The van der Waals surface area contributed by atoms with Gasteiger partial charge in [0.15, 0.2) is 15.1 Å². The summed E-state index contributed by atoms with van der Waals surface area (Å²) < 4.78 is 56.2. The second-order valence-electron chi connectivity index (χ2n) is 8.03. The zero-order valence-corrected chi connectivity index (χ0v) is 20.3. The molecular formula is C21H21F2N5O5S2. The lowest BCUT2D eigenvalue weighted by molar-refractivity contribution is -0.126. The molecule has 4 rings (SSSR count). The van der Waals surface area contributed by atoms with Gasteiger partial charge in [0.25, 0.3) is 0 Å². The number of rotatable bonds is 9. The molecular weight excluding hydrogens is 504 g/mol. The molecule has 3 aromatic rings. The number of benzene rings is 1. The zero-order valence-electron chi connectivity index (χ0n) is 18.6. The fourth-order valence-corrected chi connectivity index (χ4v) is 5.82. The number of carbonyl (C=O) groups excluding carboxylic acids is 2. The van der Waals surface area contributed by atoms with E-state index in [0.29, 0.717) is 16.1 Å². The molecule has 2 N–H and O–H groups in total. The Morgan fingerprint density at radius 1 is 1.23 bits per heavy atom. The van der Waals surface area contributed by atoms with Crippen molar-refractivity contribution >= 4 is 43.2 Å². The maximum absolute atomic E-state index is 13.1. The van der Waals surface area contributed by atoms with Crippen molar-refractivity contribution in [3.8, 4) is 16.9 Å². The third-order valence-electron chi connectivity index (χ3n) is 5.07. The van der Waals surface area contributed by atoms with Gasteiger partial charge in [0.1, 0.15) is 16.6 Å². The Morgan fingerprint density at radius 2 is 1.91 bits per heavy atom. The molecule has 1 fully saturated rings. The van der Waals surface area contributed by atoms with Gasteiger partial charge in [-0.05, 0) is 25.8 Å². The maximum Gasteiger partial charge on any atom is 0.387 e. The number of sulfone groups is 1. The molecule has 0 aliphatic heterocycles. The van der Waals surface area contributed by atoms with Gasteiger partial charge in [-0.25, -0.2) is 23.4 Å².